The van der Waals surface area contributed by atoms with Gasteiger partial charge in [-0.3, -0.25) is 4.79 Å². The molecule has 1 fully saturated rings. The quantitative estimate of drug-likeness (QED) is 0.800. The number of nitrogens with one attached hydrogen (secondary N) is 1. The van der Waals surface area contributed by atoms with E-state index in [-0.39, 0.29) is 5.91 Å². The summed E-state index contributed by atoms with van der Waals surface area (Å²) in [5, 5.41) is 3.79. The van der Waals surface area contributed by atoms with Crippen molar-refractivity contribution >= 4 is 22.6 Å². The van der Waals surface area contributed by atoms with E-state index in [0.29, 0.717) is 12.1 Å². The molecule has 6 heteroatoms. The maximum absolute atomic E-state index is 12.4. The van der Waals surface area contributed by atoms with E-state index in [1.54, 1.807) is 24.7 Å². The van der Waals surface area contributed by atoms with Gasteiger partial charge in [0.15, 0.2) is 0 Å². The average molecular weight is 322 g/mol. The number of amides is 1. The van der Waals surface area contributed by atoms with Gasteiger partial charge < -0.3 is 14.6 Å². The van der Waals surface area contributed by atoms with Crippen molar-refractivity contribution in [2.24, 2.45) is 0 Å². The molecule has 24 heavy (non-hydrogen) atoms. The lowest BCUT2D eigenvalue weighted by Crippen LogP contribution is -2.23. The molecule has 1 amide bonds. The Balaban J connectivity index is 1.61. The lowest BCUT2D eigenvalue weighted by molar-refractivity contribution is 0.0948. The number of fused-ring (bicyclic) bond motifs is 1. The van der Waals surface area contributed by atoms with Crippen LogP contribution >= 0.6 is 0 Å². The van der Waals surface area contributed by atoms with Crippen molar-refractivity contribution in [1.82, 2.24) is 15.3 Å². The summed E-state index contributed by atoms with van der Waals surface area (Å²) in [5.41, 5.74) is 1.46. The highest BCUT2D eigenvalue weighted by Gasteiger charge is 2.17. The molecule has 4 rings (SSSR count). The third-order valence-corrected chi connectivity index (χ3v) is 4.29. The second-order valence-corrected chi connectivity index (χ2v) is 5.89. The number of furan rings is 1. The van der Waals surface area contributed by atoms with Crippen LogP contribution in [0.1, 0.15) is 29.0 Å². The fourth-order valence-corrected chi connectivity index (χ4v) is 3.05. The summed E-state index contributed by atoms with van der Waals surface area (Å²) in [6, 6.07) is 9.18. The Kier molecular flexibility index (Phi) is 3.86. The highest BCUT2D eigenvalue weighted by atomic mass is 16.3. The van der Waals surface area contributed by atoms with E-state index in [0.717, 1.165) is 35.6 Å². The molecule has 0 unspecified atom stereocenters. The number of nitrogens with zero attached hydrogens (tertiary/aromatic N) is 3. The molecule has 6 nitrogen and oxygen atoms in total. The van der Waals surface area contributed by atoms with Gasteiger partial charge in [-0.25, -0.2) is 9.97 Å². The predicted molar refractivity (Wildman–Crippen MR) is 90.9 cm³/mol. The number of hydrogen-bond acceptors (Lipinski definition) is 5. The Morgan fingerprint density at radius 1 is 1.21 bits per heavy atom. The van der Waals surface area contributed by atoms with E-state index in [9.17, 15) is 4.79 Å². The van der Waals surface area contributed by atoms with Gasteiger partial charge in [0.05, 0.1) is 18.3 Å². The van der Waals surface area contributed by atoms with Gasteiger partial charge in [0.1, 0.15) is 17.9 Å². The maximum Gasteiger partial charge on any atom is 0.251 e. The van der Waals surface area contributed by atoms with Crippen LogP contribution in [0.5, 0.6) is 0 Å². The fourth-order valence-electron chi connectivity index (χ4n) is 3.05. The zero-order valence-electron chi connectivity index (χ0n) is 13.2. The van der Waals surface area contributed by atoms with Gasteiger partial charge in [0, 0.05) is 24.0 Å². The number of rotatable bonds is 4. The first-order chi connectivity index (χ1) is 11.8. The molecular weight excluding hydrogens is 304 g/mol. The van der Waals surface area contributed by atoms with E-state index in [2.05, 4.69) is 20.2 Å². The number of hydrogen-bond donors (Lipinski definition) is 1. The second-order valence-electron chi connectivity index (χ2n) is 5.89. The Morgan fingerprint density at radius 3 is 2.88 bits per heavy atom. The number of carbonyl (C=O) groups is 1. The minimum Gasteiger partial charge on any atom is -0.467 e. The first-order valence-electron chi connectivity index (χ1n) is 8.11. The van der Waals surface area contributed by atoms with E-state index < -0.39 is 0 Å². The molecule has 3 aromatic rings. The van der Waals surface area contributed by atoms with Gasteiger partial charge in [0.25, 0.3) is 5.91 Å². The lowest BCUT2D eigenvalue weighted by atomic mass is 10.1. The van der Waals surface area contributed by atoms with E-state index in [4.69, 9.17) is 4.42 Å². The summed E-state index contributed by atoms with van der Waals surface area (Å²) in [5.74, 6) is 1.51. The zero-order valence-corrected chi connectivity index (χ0v) is 13.2. The fraction of sp³-hybridized carbons (Fsp3) is 0.278. The van der Waals surface area contributed by atoms with Gasteiger partial charge in [0.2, 0.25) is 0 Å². The summed E-state index contributed by atoms with van der Waals surface area (Å²) in [4.78, 5) is 23.4. The monoisotopic (exact) mass is 322 g/mol. The Labute approximate surface area is 139 Å². The van der Waals surface area contributed by atoms with Gasteiger partial charge in [-0.15, -0.1) is 0 Å². The number of benzene rings is 1. The molecule has 0 radical (unpaired) electrons. The molecule has 3 heterocycles. The van der Waals surface area contributed by atoms with Crippen LogP contribution in [0.25, 0.3) is 10.9 Å². The largest absolute Gasteiger partial charge is 0.467 e. The Hall–Kier alpha value is -2.89. The molecule has 1 aliphatic heterocycles. The van der Waals surface area contributed by atoms with Crippen LogP contribution < -0.4 is 10.2 Å². The van der Waals surface area contributed by atoms with E-state index >= 15 is 0 Å². The van der Waals surface area contributed by atoms with Crippen LogP contribution in [0.2, 0.25) is 0 Å². The zero-order chi connectivity index (χ0) is 16.4. The first-order valence-corrected chi connectivity index (χ1v) is 8.11. The molecule has 122 valence electrons. The molecule has 0 atom stereocenters. The van der Waals surface area contributed by atoms with Crippen molar-refractivity contribution in [2.75, 3.05) is 18.0 Å². The molecule has 0 spiro atoms. The normalized spacial score (nSPS) is 14.2. The highest BCUT2D eigenvalue weighted by molar-refractivity contribution is 6.00. The summed E-state index contributed by atoms with van der Waals surface area (Å²) in [6.45, 7) is 2.37. The Morgan fingerprint density at radius 2 is 2.08 bits per heavy atom. The van der Waals surface area contributed by atoms with Crippen molar-refractivity contribution in [1.29, 1.82) is 0 Å². The smallest absolute Gasteiger partial charge is 0.251 e. The lowest BCUT2D eigenvalue weighted by Gasteiger charge is -2.18. The molecule has 2 aromatic heterocycles. The molecule has 1 aliphatic rings. The first kappa shape index (κ1) is 14.7. The topological polar surface area (TPSA) is 71.3 Å². The summed E-state index contributed by atoms with van der Waals surface area (Å²) < 4.78 is 5.24. The third-order valence-electron chi connectivity index (χ3n) is 4.29. The van der Waals surface area contributed by atoms with Crippen LogP contribution in [0.4, 0.5) is 5.82 Å². The van der Waals surface area contributed by atoms with Crippen molar-refractivity contribution in [3.05, 3.63) is 54.2 Å². The average Bonchev–Trinajstić information content (AvgIpc) is 3.32. The summed E-state index contributed by atoms with van der Waals surface area (Å²) in [7, 11) is 0. The van der Waals surface area contributed by atoms with E-state index in [1.165, 1.54) is 12.8 Å². The van der Waals surface area contributed by atoms with Crippen LogP contribution in [0, 0.1) is 0 Å². The maximum atomic E-state index is 12.4. The SMILES string of the molecule is O=C(NCc1ccco1)c1ccc2ncnc(N3CCCC3)c2c1. The highest BCUT2D eigenvalue weighted by Crippen LogP contribution is 2.26. The standard InChI is InChI=1S/C18H18N4O2/c23-18(19-11-14-4-3-9-24-14)13-5-6-16-15(10-13)17(21-12-20-16)22-7-1-2-8-22/h3-6,9-10,12H,1-2,7-8,11H2,(H,19,23). The molecule has 1 saturated heterocycles. The predicted octanol–water partition coefficient (Wildman–Crippen LogP) is 2.75. The van der Waals surface area contributed by atoms with Crippen LogP contribution in [-0.2, 0) is 6.54 Å². The van der Waals surface area contributed by atoms with Crippen molar-refractivity contribution in [3.8, 4) is 0 Å². The molecule has 0 bridgehead atoms. The summed E-state index contributed by atoms with van der Waals surface area (Å²) in [6.07, 6.45) is 5.54. The minimum absolute atomic E-state index is 0.135. The Bertz CT molecular complexity index is 855. The number of carbonyl (C=O) groups excluding carboxylic acids is 1. The number of anilines is 1. The third kappa shape index (κ3) is 2.82. The molecule has 0 saturated carbocycles. The van der Waals surface area contributed by atoms with Crippen molar-refractivity contribution in [2.45, 2.75) is 19.4 Å². The molecule has 0 aliphatic carbocycles. The minimum atomic E-state index is -0.135. The van der Waals surface area contributed by atoms with Gasteiger partial charge in [-0.2, -0.15) is 0 Å². The van der Waals surface area contributed by atoms with Gasteiger partial charge >= 0.3 is 0 Å². The van der Waals surface area contributed by atoms with Crippen LogP contribution in [0.15, 0.2) is 47.3 Å². The van der Waals surface area contributed by atoms with Crippen molar-refractivity contribution in [3.63, 3.8) is 0 Å². The van der Waals surface area contributed by atoms with Gasteiger partial charge in [-0.05, 0) is 43.2 Å². The molecule has 1 aromatic carbocycles. The van der Waals surface area contributed by atoms with Crippen LogP contribution in [0.3, 0.4) is 0 Å². The second kappa shape index (κ2) is 6.31. The van der Waals surface area contributed by atoms with Gasteiger partial charge in [-0.1, -0.05) is 0 Å². The molecular formula is C18H18N4O2. The van der Waals surface area contributed by atoms with E-state index in [1.807, 2.05) is 18.2 Å². The van der Waals surface area contributed by atoms with Crippen LogP contribution in [-0.4, -0.2) is 29.0 Å². The summed E-state index contributed by atoms with van der Waals surface area (Å²) >= 11 is 0. The van der Waals surface area contributed by atoms with Crippen molar-refractivity contribution < 1.29 is 9.21 Å². The number of aromatic nitrogens is 2. The molecule has 1 N–H and O–H groups in total.